The van der Waals surface area contributed by atoms with Crippen LogP contribution < -0.4 is 0 Å². The predicted molar refractivity (Wildman–Crippen MR) is 93.1 cm³/mol. The SMILES string of the molecule is Clc1ccc(C(c2cccn2CC2CC2)n2ccnc2)cc1Cl. The van der Waals surface area contributed by atoms with Gasteiger partial charge in [0, 0.05) is 30.8 Å². The summed E-state index contributed by atoms with van der Waals surface area (Å²) in [5.41, 5.74) is 2.35. The van der Waals surface area contributed by atoms with Crippen molar-refractivity contribution in [1.29, 1.82) is 0 Å². The molecule has 1 aromatic carbocycles. The van der Waals surface area contributed by atoms with Crippen LogP contribution in [0.3, 0.4) is 0 Å². The fraction of sp³-hybridized carbons (Fsp3) is 0.278. The zero-order valence-corrected chi connectivity index (χ0v) is 14.1. The quantitative estimate of drug-likeness (QED) is 0.635. The minimum atomic E-state index is 0.0426. The van der Waals surface area contributed by atoms with Crippen LogP contribution in [0.15, 0.2) is 55.2 Å². The number of hydrogen-bond donors (Lipinski definition) is 0. The van der Waals surface area contributed by atoms with Crippen LogP contribution in [0.1, 0.15) is 30.1 Å². The number of hydrogen-bond acceptors (Lipinski definition) is 1. The van der Waals surface area contributed by atoms with E-state index in [1.165, 1.54) is 18.5 Å². The van der Waals surface area contributed by atoms with E-state index in [2.05, 4.69) is 32.4 Å². The molecular weight excluding hydrogens is 329 g/mol. The highest BCUT2D eigenvalue weighted by Crippen LogP contribution is 2.35. The minimum Gasteiger partial charge on any atom is -0.349 e. The molecule has 0 radical (unpaired) electrons. The Morgan fingerprint density at radius 3 is 2.70 bits per heavy atom. The van der Waals surface area contributed by atoms with Gasteiger partial charge in [-0.2, -0.15) is 0 Å². The van der Waals surface area contributed by atoms with E-state index in [0.29, 0.717) is 10.0 Å². The second-order valence-electron chi connectivity index (χ2n) is 6.11. The van der Waals surface area contributed by atoms with Crippen LogP contribution in [-0.4, -0.2) is 14.1 Å². The van der Waals surface area contributed by atoms with Crippen LogP contribution in [0.5, 0.6) is 0 Å². The Balaban J connectivity index is 1.79. The summed E-state index contributed by atoms with van der Waals surface area (Å²) in [7, 11) is 0. The average Bonchev–Trinajstić information content (AvgIpc) is 2.99. The molecule has 1 fully saturated rings. The molecule has 1 atom stereocenters. The molecule has 0 spiro atoms. The fourth-order valence-corrected chi connectivity index (χ4v) is 3.33. The highest BCUT2D eigenvalue weighted by atomic mass is 35.5. The lowest BCUT2D eigenvalue weighted by Crippen LogP contribution is -2.16. The number of rotatable bonds is 5. The van der Waals surface area contributed by atoms with Gasteiger partial charge in [-0.1, -0.05) is 29.3 Å². The van der Waals surface area contributed by atoms with Gasteiger partial charge in [-0.25, -0.2) is 4.98 Å². The molecule has 0 N–H and O–H groups in total. The first kappa shape index (κ1) is 14.9. The van der Waals surface area contributed by atoms with Gasteiger partial charge < -0.3 is 9.13 Å². The van der Waals surface area contributed by atoms with Crippen molar-refractivity contribution in [2.24, 2.45) is 5.92 Å². The summed E-state index contributed by atoms with van der Waals surface area (Å²) in [6.07, 6.45) is 10.5. The van der Waals surface area contributed by atoms with Crippen LogP contribution >= 0.6 is 23.2 Å². The number of halogens is 2. The van der Waals surface area contributed by atoms with E-state index in [0.717, 1.165) is 18.0 Å². The van der Waals surface area contributed by atoms with Crippen molar-refractivity contribution < 1.29 is 0 Å². The lowest BCUT2D eigenvalue weighted by Gasteiger charge is -2.22. The number of benzene rings is 1. The van der Waals surface area contributed by atoms with Crippen molar-refractivity contribution in [3.05, 3.63) is 76.6 Å². The number of imidazole rings is 1. The molecule has 23 heavy (non-hydrogen) atoms. The molecule has 3 aromatic rings. The van der Waals surface area contributed by atoms with Crippen LogP contribution in [0.25, 0.3) is 0 Å². The Bertz CT molecular complexity index is 804. The van der Waals surface area contributed by atoms with Crippen molar-refractivity contribution in [1.82, 2.24) is 14.1 Å². The molecule has 1 aliphatic rings. The van der Waals surface area contributed by atoms with E-state index >= 15 is 0 Å². The van der Waals surface area contributed by atoms with Crippen molar-refractivity contribution in [3.8, 4) is 0 Å². The molecule has 5 heteroatoms. The van der Waals surface area contributed by atoms with Gasteiger partial charge in [-0.3, -0.25) is 0 Å². The van der Waals surface area contributed by atoms with Crippen LogP contribution in [0.4, 0.5) is 0 Å². The Hall–Kier alpha value is -1.71. The third-order valence-electron chi connectivity index (χ3n) is 4.38. The molecule has 2 aromatic heterocycles. The topological polar surface area (TPSA) is 22.8 Å². The molecule has 1 aliphatic carbocycles. The first-order valence-corrected chi connectivity index (χ1v) is 8.55. The second-order valence-corrected chi connectivity index (χ2v) is 6.93. The monoisotopic (exact) mass is 345 g/mol. The average molecular weight is 346 g/mol. The van der Waals surface area contributed by atoms with Gasteiger partial charge >= 0.3 is 0 Å². The van der Waals surface area contributed by atoms with E-state index in [1.807, 2.05) is 30.7 Å². The summed E-state index contributed by atoms with van der Waals surface area (Å²) in [5.74, 6) is 0.818. The zero-order chi connectivity index (χ0) is 15.8. The molecule has 3 nitrogen and oxygen atoms in total. The molecule has 1 unspecified atom stereocenters. The van der Waals surface area contributed by atoms with Crippen molar-refractivity contribution >= 4 is 23.2 Å². The van der Waals surface area contributed by atoms with Crippen LogP contribution in [0, 0.1) is 5.92 Å². The predicted octanol–water partition coefficient (Wildman–Crippen LogP) is 5.04. The minimum absolute atomic E-state index is 0.0426. The maximum Gasteiger partial charge on any atom is 0.0998 e. The summed E-state index contributed by atoms with van der Waals surface area (Å²) in [6, 6.07) is 10.2. The molecule has 0 bridgehead atoms. The summed E-state index contributed by atoms with van der Waals surface area (Å²) >= 11 is 12.3. The third-order valence-corrected chi connectivity index (χ3v) is 5.12. The molecule has 0 aliphatic heterocycles. The first-order chi connectivity index (χ1) is 11.2. The highest BCUT2D eigenvalue weighted by Gasteiger charge is 2.25. The molecule has 2 heterocycles. The largest absolute Gasteiger partial charge is 0.349 e. The smallest absolute Gasteiger partial charge is 0.0998 e. The van der Waals surface area contributed by atoms with Gasteiger partial charge in [0.2, 0.25) is 0 Å². The molecule has 0 amide bonds. The van der Waals surface area contributed by atoms with Crippen LogP contribution in [0.2, 0.25) is 10.0 Å². The normalized spacial score (nSPS) is 15.7. The van der Waals surface area contributed by atoms with Crippen molar-refractivity contribution in [3.63, 3.8) is 0 Å². The second kappa shape index (κ2) is 6.06. The molecular formula is C18H17Cl2N3. The first-order valence-electron chi connectivity index (χ1n) is 7.80. The van der Waals surface area contributed by atoms with Gasteiger partial charge in [0.25, 0.3) is 0 Å². The van der Waals surface area contributed by atoms with E-state index in [1.54, 1.807) is 6.20 Å². The summed E-state index contributed by atoms with van der Waals surface area (Å²) in [5, 5.41) is 1.16. The van der Waals surface area contributed by atoms with Gasteiger partial charge in [0.05, 0.1) is 22.4 Å². The van der Waals surface area contributed by atoms with Crippen molar-refractivity contribution in [2.75, 3.05) is 0 Å². The van der Waals surface area contributed by atoms with Gasteiger partial charge in [-0.05, 0) is 48.6 Å². The fourth-order valence-electron chi connectivity index (χ4n) is 3.02. The van der Waals surface area contributed by atoms with Gasteiger partial charge in [0.1, 0.15) is 0 Å². The lowest BCUT2D eigenvalue weighted by molar-refractivity contribution is 0.555. The molecule has 0 saturated heterocycles. The Morgan fingerprint density at radius 2 is 2.00 bits per heavy atom. The lowest BCUT2D eigenvalue weighted by atomic mass is 10.0. The van der Waals surface area contributed by atoms with E-state index < -0.39 is 0 Å². The van der Waals surface area contributed by atoms with Gasteiger partial charge in [-0.15, -0.1) is 0 Å². The zero-order valence-electron chi connectivity index (χ0n) is 12.6. The maximum absolute atomic E-state index is 6.25. The Labute approximate surface area is 145 Å². The maximum atomic E-state index is 6.25. The van der Waals surface area contributed by atoms with Gasteiger partial charge in [0.15, 0.2) is 0 Å². The van der Waals surface area contributed by atoms with Crippen LogP contribution in [-0.2, 0) is 6.54 Å². The standard InChI is InChI=1S/C18H17Cl2N3/c19-15-6-5-14(10-16(15)20)18(23-9-7-21-12-23)17-2-1-8-22(17)11-13-3-4-13/h1-2,5-10,12-13,18H,3-4,11H2. The summed E-state index contributed by atoms with van der Waals surface area (Å²) < 4.78 is 4.46. The van der Waals surface area contributed by atoms with Crippen molar-refractivity contribution in [2.45, 2.75) is 25.4 Å². The Morgan fingerprint density at radius 1 is 1.13 bits per heavy atom. The highest BCUT2D eigenvalue weighted by molar-refractivity contribution is 6.42. The molecule has 118 valence electrons. The van der Waals surface area contributed by atoms with E-state index in [9.17, 15) is 0 Å². The number of aromatic nitrogens is 3. The molecule has 4 rings (SSSR count). The van der Waals surface area contributed by atoms with E-state index in [4.69, 9.17) is 23.2 Å². The molecule has 1 saturated carbocycles. The third kappa shape index (κ3) is 3.04. The number of nitrogens with zero attached hydrogens (tertiary/aromatic N) is 3. The Kier molecular flexibility index (Phi) is 3.92. The summed E-state index contributed by atoms with van der Waals surface area (Å²) in [4.78, 5) is 4.22. The summed E-state index contributed by atoms with van der Waals surface area (Å²) in [6.45, 7) is 1.08. The van der Waals surface area contributed by atoms with E-state index in [-0.39, 0.29) is 6.04 Å².